The number of amides is 1. The molecule has 0 spiro atoms. The van der Waals surface area contributed by atoms with Crippen LogP contribution in [0.25, 0.3) is 0 Å². The Kier molecular flexibility index (Phi) is 3.82. The molecule has 0 bridgehead atoms. The monoisotopic (exact) mass is 337 g/mol. The lowest BCUT2D eigenvalue weighted by Gasteiger charge is -2.38. The van der Waals surface area contributed by atoms with Gasteiger partial charge in [-0.2, -0.15) is 0 Å². The van der Waals surface area contributed by atoms with Crippen molar-refractivity contribution in [3.63, 3.8) is 0 Å². The van der Waals surface area contributed by atoms with Gasteiger partial charge < -0.3 is 5.32 Å². The van der Waals surface area contributed by atoms with Gasteiger partial charge in [0.25, 0.3) is 0 Å². The summed E-state index contributed by atoms with van der Waals surface area (Å²) < 4.78 is 0. The molecule has 1 aliphatic heterocycles. The molecule has 1 heterocycles. The first-order valence-corrected chi connectivity index (χ1v) is 8.03. The van der Waals surface area contributed by atoms with E-state index in [0.717, 1.165) is 11.3 Å². The van der Waals surface area contributed by atoms with Crippen LogP contribution in [0.5, 0.6) is 0 Å². The third-order valence-electron chi connectivity index (χ3n) is 4.29. The first-order chi connectivity index (χ1) is 10.3. The zero-order valence-electron chi connectivity index (χ0n) is 12.5. The van der Waals surface area contributed by atoms with Crippen molar-refractivity contribution >= 4 is 34.9 Å². The molecule has 0 aromatic heterocycles. The highest BCUT2D eigenvalue weighted by Gasteiger charge is 2.40. The Hall–Kier alpha value is -1.32. The summed E-state index contributed by atoms with van der Waals surface area (Å²) in [5.74, 6) is -0.250. The van der Waals surface area contributed by atoms with Crippen LogP contribution in [0.2, 0.25) is 10.0 Å². The van der Waals surface area contributed by atoms with E-state index in [1.54, 1.807) is 12.1 Å². The molecule has 1 aromatic carbocycles. The second kappa shape index (κ2) is 5.39. The van der Waals surface area contributed by atoms with Gasteiger partial charge in [0.2, 0.25) is 5.91 Å². The van der Waals surface area contributed by atoms with Gasteiger partial charge in [-0.15, -0.1) is 0 Å². The second-order valence-electron chi connectivity index (χ2n) is 6.80. The quantitative estimate of drug-likeness (QED) is 0.832. The van der Waals surface area contributed by atoms with Gasteiger partial charge in [-0.05, 0) is 29.5 Å². The fourth-order valence-electron chi connectivity index (χ4n) is 3.41. The van der Waals surface area contributed by atoms with E-state index in [-0.39, 0.29) is 29.4 Å². The second-order valence-corrected chi connectivity index (χ2v) is 7.65. The van der Waals surface area contributed by atoms with Gasteiger partial charge in [0, 0.05) is 40.1 Å². The number of halogens is 2. The maximum absolute atomic E-state index is 12.6. The Morgan fingerprint density at radius 3 is 2.59 bits per heavy atom. The van der Waals surface area contributed by atoms with Crippen molar-refractivity contribution in [3.8, 4) is 0 Å². The SMILES string of the molecule is CC1(C)CC(=O)C2=C(C1)NC(=O)C[C@@H]2c1ccc(Cl)cc1Cl. The first kappa shape index (κ1) is 15.6. The molecule has 0 radical (unpaired) electrons. The predicted octanol–water partition coefficient (Wildman–Crippen LogP) is 4.24. The number of carbonyl (C=O) groups excluding carboxylic acids is 2. The maximum atomic E-state index is 12.6. The van der Waals surface area contributed by atoms with E-state index in [0.29, 0.717) is 28.5 Å². The summed E-state index contributed by atoms with van der Waals surface area (Å²) in [6.07, 6.45) is 1.43. The lowest BCUT2D eigenvalue weighted by atomic mass is 9.70. The van der Waals surface area contributed by atoms with Crippen LogP contribution in [0.3, 0.4) is 0 Å². The molecule has 1 aliphatic carbocycles. The lowest BCUT2D eigenvalue weighted by molar-refractivity contribution is -0.122. The van der Waals surface area contributed by atoms with E-state index in [9.17, 15) is 9.59 Å². The third-order valence-corrected chi connectivity index (χ3v) is 4.85. The third kappa shape index (κ3) is 2.80. The molecule has 0 saturated heterocycles. The number of nitrogens with one attached hydrogen (secondary N) is 1. The zero-order valence-corrected chi connectivity index (χ0v) is 14.0. The van der Waals surface area contributed by atoms with Crippen LogP contribution in [-0.4, -0.2) is 11.7 Å². The smallest absolute Gasteiger partial charge is 0.225 e. The molecule has 1 atom stereocenters. The maximum Gasteiger partial charge on any atom is 0.225 e. The minimum absolute atomic E-state index is 0.0692. The van der Waals surface area contributed by atoms with Crippen molar-refractivity contribution in [2.75, 3.05) is 0 Å². The largest absolute Gasteiger partial charge is 0.329 e. The number of carbonyl (C=O) groups is 2. The molecule has 1 amide bonds. The average molecular weight is 338 g/mol. The van der Waals surface area contributed by atoms with Crippen LogP contribution >= 0.6 is 23.2 Å². The number of Topliss-reactive ketones (excluding diaryl/α,β-unsaturated/α-hetero) is 1. The van der Waals surface area contributed by atoms with Crippen LogP contribution in [0.4, 0.5) is 0 Å². The lowest BCUT2D eigenvalue weighted by Crippen LogP contribution is -2.40. The number of benzene rings is 1. The summed E-state index contributed by atoms with van der Waals surface area (Å²) in [7, 11) is 0. The van der Waals surface area contributed by atoms with Crippen molar-refractivity contribution in [3.05, 3.63) is 45.1 Å². The van der Waals surface area contributed by atoms with E-state index < -0.39 is 0 Å². The molecular weight excluding hydrogens is 321 g/mol. The van der Waals surface area contributed by atoms with Crippen molar-refractivity contribution < 1.29 is 9.59 Å². The average Bonchev–Trinajstić information content (AvgIpc) is 2.35. The molecule has 22 heavy (non-hydrogen) atoms. The van der Waals surface area contributed by atoms with Gasteiger partial charge in [-0.25, -0.2) is 0 Å². The fraction of sp³-hybridized carbons (Fsp3) is 0.412. The summed E-state index contributed by atoms with van der Waals surface area (Å²) in [5, 5.41) is 3.92. The van der Waals surface area contributed by atoms with Crippen LogP contribution in [-0.2, 0) is 9.59 Å². The first-order valence-electron chi connectivity index (χ1n) is 7.28. The number of rotatable bonds is 1. The van der Waals surface area contributed by atoms with Crippen molar-refractivity contribution in [1.82, 2.24) is 5.32 Å². The summed E-state index contributed by atoms with van der Waals surface area (Å²) >= 11 is 12.2. The van der Waals surface area contributed by atoms with E-state index in [1.165, 1.54) is 0 Å². The molecule has 2 aliphatic rings. The zero-order chi connectivity index (χ0) is 16.1. The summed E-state index contributed by atoms with van der Waals surface area (Å²) in [6.45, 7) is 4.08. The number of allylic oxidation sites excluding steroid dienone is 2. The van der Waals surface area contributed by atoms with Gasteiger partial charge in [-0.1, -0.05) is 43.1 Å². The van der Waals surface area contributed by atoms with Crippen LogP contribution in [0.15, 0.2) is 29.5 Å². The minimum atomic E-state index is -0.280. The van der Waals surface area contributed by atoms with Gasteiger partial charge in [0.05, 0.1) is 0 Å². The van der Waals surface area contributed by atoms with Gasteiger partial charge in [0.15, 0.2) is 5.78 Å². The van der Waals surface area contributed by atoms with E-state index in [2.05, 4.69) is 5.32 Å². The molecule has 1 N–H and O–H groups in total. The highest BCUT2D eigenvalue weighted by atomic mass is 35.5. The molecule has 0 fully saturated rings. The molecule has 3 rings (SSSR count). The molecule has 0 unspecified atom stereocenters. The fourth-order valence-corrected chi connectivity index (χ4v) is 3.95. The van der Waals surface area contributed by atoms with Gasteiger partial charge in [0.1, 0.15) is 0 Å². The summed E-state index contributed by atoms with van der Waals surface area (Å²) in [5.41, 5.74) is 2.13. The van der Waals surface area contributed by atoms with Crippen molar-refractivity contribution in [2.45, 2.75) is 39.0 Å². The molecule has 0 saturated carbocycles. The highest BCUT2D eigenvalue weighted by Crippen LogP contribution is 2.45. The van der Waals surface area contributed by atoms with E-state index in [1.807, 2.05) is 19.9 Å². The number of hydrogen-bond donors (Lipinski definition) is 1. The van der Waals surface area contributed by atoms with Crippen LogP contribution < -0.4 is 5.32 Å². The van der Waals surface area contributed by atoms with Gasteiger partial charge in [-0.3, -0.25) is 9.59 Å². The Bertz CT molecular complexity index is 707. The topological polar surface area (TPSA) is 46.2 Å². The Labute approximate surface area is 139 Å². The minimum Gasteiger partial charge on any atom is -0.329 e. The summed E-state index contributed by atoms with van der Waals surface area (Å²) in [4.78, 5) is 24.7. The molecule has 3 nitrogen and oxygen atoms in total. The van der Waals surface area contributed by atoms with Crippen LogP contribution in [0, 0.1) is 5.41 Å². The highest BCUT2D eigenvalue weighted by molar-refractivity contribution is 6.35. The Balaban J connectivity index is 2.11. The van der Waals surface area contributed by atoms with Crippen LogP contribution in [0.1, 0.15) is 44.6 Å². The Morgan fingerprint density at radius 2 is 1.91 bits per heavy atom. The molecular formula is C17H17Cl2NO2. The molecule has 1 aromatic rings. The van der Waals surface area contributed by atoms with E-state index in [4.69, 9.17) is 23.2 Å². The Morgan fingerprint density at radius 1 is 1.18 bits per heavy atom. The van der Waals surface area contributed by atoms with Crippen molar-refractivity contribution in [1.29, 1.82) is 0 Å². The standard InChI is InChI=1S/C17H17Cl2NO2/c1-17(2)7-13-16(14(21)8-17)11(6-15(22)20-13)10-4-3-9(18)5-12(10)19/h3-5,11H,6-8H2,1-2H3,(H,20,22)/t11-/m1/s1. The molecule has 116 valence electrons. The van der Waals surface area contributed by atoms with Gasteiger partial charge >= 0.3 is 0 Å². The normalized spacial score (nSPS) is 24.1. The van der Waals surface area contributed by atoms with Crippen molar-refractivity contribution in [2.24, 2.45) is 5.41 Å². The van der Waals surface area contributed by atoms with E-state index >= 15 is 0 Å². The number of hydrogen-bond acceptors (Lipinski definition) is 2. The molecule has 5 heteroatoms. The number of ketones is 1. The summed E-state index contributed by atoms with van der Waals surface area (Å²) in [6, 6.07) is 5.21. The predicted molar refractivity (Wildman–Crippen MR) is 87.0 cm³/mol.